The normalized spacial score (nSPS) is 11.9. The van der Waals surface area contributed by atoms with E-state index in [1.54, 1.807) is 36.5 Å². The number of nitrogens with two attached hydrogens (primary N) is 1. The minimum absolute atomic E-state index is 0.201. The first-order valence-electron chi connectivity index (χ1n) is 8.24. The Balaban J connectivity index is 1.60. The molecule has 2 aromatic carbocycles. The molecule has 0 radical (unpaired) electrons. The maximum Gasteiger partial charge on any atom is 0.248 e. The number of carbonyl (C=O) groups excluding carboxylic acids is 1. The average Bonchev–Trinajstić information content (AvgIpc) is 3.17. The third-order valence-corrected chi connectivity index (χ3v) is 4.12. The number of para-hydroxylation sites is 1. The minimum atomic E-state index is -0.492. The molecule has 0 atom stereocenters. The SMILES string of the molecule is CN(c1ccnc(Nc2cccc(C(N)=O)c2)n1)c1cccc2c1OCO2. The van der Waals surface area contributed by atoms with E-state index in [1.165, 1.54) is 0 Å². The van der Waals surface area contributed by atoms with E-state index in [2.05, 4.69) is 15.3 Å². The van der Waals surface area contributed by atoms with Gasteiger partial charge in [-0.1, -0.05) is 12.1 Å². The number of primary amides is 1. The number of hydrogen-bond donors (Lipinski definition) is 2. The first-order chi connectivity index (χ1) is 13.1. The molecule has 1 aromatic heterocycles. The molecule has 1 amide bonds. The fraction of sp³-hybridized carbons (Fsp3) is 0.105. The molecular weight excluding hydrogens is 346 g/mol. The van der Waals surface area contributed by atoms with E-state index in [-0.39, 0.29) is 6.79 Å². The predicted octanol–water partition coefficient (Wildman–Crippen LogP) is 2.82. The lowest BCUT2D eigenvalue weighted by atomic mass is 10.2. The van der Waals surface area contributed by atoms with Gasteiger partial charge in [0.25, 0.3) is 0 Å². The second kappa shape index (κ2) is 6.83. The number of ether oxygens (including phenoxy) is 2. The van der Waals surface area contributed by atoms with Crippen LogP contribution in [0.5, 0.6) is 11.5 Å². The molecule has 0 fully saturated rings. The second-order valence-corrected chi connectivity index (χ2v) is 5.88. The van der Waals surface area contributed by atoms with Gasteiger partial charge < -0.3 is 25.4 Å². The Bertz CT molecular complexity index is 1010. The number of hydrogen-bond acceptors (Lipinski definition) is 7. The van der Waals surface area contributed by atoms with Gasteiger partial charge in [-0.25, -0.2) is 4.98 Å². The van der Waals surface area contributed by atoms with Crippen molar-refractivity contribution in [3.8, 4) is 11.5 Å². The molecule has 2 heterocycles. The van der Waals surface area contributed by atoms with Crippen molar-refractivity contribution in [3.63, 3.8) is 0 Å². The topological polar surface area (TPSA) is 103 Å². The van der Waals surface area contributed by atoms with Gasteiger partial charge >= 0.3 is 0 Å². The lowest BCUT2D eigenvalue weighted by Crippen LogP contribution is -2.13. The fourth-order valence-corrected chi connectivity index (χ4v) is 2.78. The van der Waals surface area contributed by atoms with Gasteiger partial charge in [0, 0.05) is 24.5 Å². The van der Waals surface area contributed by atoms with E-state index in [1.807, 2.05) is 30.1 Å². The van der Waals surface area contributed by atoms with E-state index in [0.29, 0.717) is 34.5 Å². The number of fused-ring (bicyclic) bond motifs is 1. The molecule has 0 saturated heterocycles. The molecule has 3 aromatic rings. The Morgan fingerprint density at radius 2 is 2.04 bits per heavy atom. The largest absolute Gasteiger partial charge is 0.454 e. The summed E-state index contributed by atoms with van der Waals surface area (Å²) in [7, 11) is 1.89. The maximum atomic E-state index is 11.3. The van der Waals surface area contributed by atoms with Gasteiger partial charge in [-0.05, 0) is 36.4 Å². The number of amides is 1. The lowest BCUT2D eigenvalue weighted by Gasteiger charge is -2.20. The summed E-state index contributed by atoms with van der Waals surface area (Å²) in [5.74, 6) is 1.96. The number of benzene rings is 2. The molecular formula is C19H17N5O3. The smallest absolute Gasteiger partial charge is 0.248 e. The monoisotopic (exact) mass is 363 g/mol. The lowest BCUT2D eigenvalue weighted by molar-refractivity contribution is 0.100. The highest BCUT2D eigenvalue weighted by Crippen LogP contribution is 2.42. The van der Waals surface area contributed by atoms with Gasteiger partial charge in [0.1, 0.15) is 5.82 Å². The first-order valence-corrected chi connectivity index (χ1v) is 8.24. The Labute approximate surface area is 155 Å². The van der Waals surface area contributed by atoms with Crippen molar-refractivity contribution in [3.05, 3.63) is 60.3 Å². The van der Waals surface area contributed by atoms with Gasteiger partial charge in [-0.2, -0.15) is 4.98 Å². The Hall–Kier alpha value is -3.81. The van der Waals surface area contributed by atoms with Crippen LogP contribution in [0, 0.1) is 0 Å². The zero-order valence-corrected chi connectivity index (χ0v) is 14.5. The highest BCUT2D eigenvalue weighted by Gasteiger charge is 2.21. The third-order valence-electron chi connectivity index (χ3n) is 4.12. The summed E-state index contributed by atoms with van der Waals surface area (Å²) in [6.07, 6.45) is 1.65. The molecule has 1 aliphatic heterocycles. The van der Waals surface area contributed by atoms with E-state index >= 15 is 0 Å². The highest BCUT2D eigenvalue weighted by atomic mass is 16.7. The van der Waals surface area contributed by atoms with Crippen LogP contribution in [0.25, 0.3) is 0 Å². The van der Waals surface area contributed by atoms with E-state index in [0.717, 1.165) is 5.69 Å². The average molecular weight is 363 g/mol. The van der Waals surface area contributed by atoms with E-state index < -0.39 is 5.91 Å². The standard InChI is InChI=1S/C19H17N5O3/c1-24(14-6-3-7-15-17(14)27-11-26-15)16-8-9-21-19(23-16)22-13-5-2-4-12(10-13)18(20)25/h2-10H,11H2,1H3,(H2,20,25)(H,21,22,23). The number of anilines is 4. The summed E-state index contributed by atoms with van der Waals surface area (Å²) in [6.45, 7) is 0.201. The van der Waals surface area contributed by atoms with Crippen molar-refractivity contribution >= 4 is 29.0 Å². The quantitative estimate of drug-likeness (QED) is 0.718. The number of nitrogens with zero attached hydrogens (tertiary/aromatic N) is 3. The zero-order chi connectivity index (χ0) is 18.8. The number of nitrogens with one attached hydrogen (secondary N) is 1. The van der Waals surface area contributed by atoms with Crippen LogP contribution in [0.15, 0.2) is 54.7 Å². The van der Waals surface area contributed by atoms with Crippen LogP contribution in [-0.2, 0) is 0 Å². The number of carbonyl (C=O) groups is 1. The summed E-state index contributed by atoms with van der Waals surface area (Å²) in [4.78, 5) is 22.0. The molecule has 0 aliphatic carbocycles. The summed E-state index contributed by atoms with van der Waals surface area (Å²) in [5.41, 5.74) is 7.24. The Morgan fingerprint density at radius 3 is 2.89 bits per heavy atom. The van der Waals surface area contributed by atoms with Crippen LogP contribution in [0.3, 0.4) is 0 Å². The molecule has 0 unspecified atom stereocenters. The van der Waals surface area contributed by atoms with Crippen molar-refractivity contribution in [2.75, 3.05) is 24.1 Å². The molecule has 4 rings (SSSR count). The molecule has 27 heavy (non-hydrogen) atoms. The number of rotatable bonds is 5. The predicted molar refractivity (Wildman–Crippen MR) is 101 cm³/mol. The van der Waals surface area contributed by atoms with Crippen LogP contribution >= 0.6 is 0 Å². The van der Waals surface area contributed by atoms with Crippen molar-refractivity contribution < 1.29 is 14.3 Å². The van der Waals surface area contributed by atoms with Crippen molar-refractivity contribution in [2.24, 2.45) is 5.73 Å². The minimum Gasteiger partial charge on any atom is -0.454 e. The van der Waals surface area contributed by atoms with Gasteiger partial charge in [-0.3, -0.25) is 4.79 Å². The molecule has 8 heteroatoms. The zero-order valence-electron chi connectivity index (χ0n) is 14.5. The second-order valence-electron chi connectivity index (χ2n) is 5.88. The molecule has 136 valence electrons. The van der Waals surface area contributed by atoms with E-state index in [4.69, 9.17) is 15.2 Å². The van der Waals surface area contributed by atoms with Crippen LogP contribution < -0.4 is 25.4 Å². The van der Waals surface area contributed by atoms with Gasteiger partial charge in [0.15, 0.2) is 11.5 Å². The summed E-state index contributed by atoms with van der Waals surface area (Å²) < 4.78 is 11.0. The molecule has 8 nitrogen and oxygen atoms in total. The van der Waals surface area contributed by atoms with Gasteiger partial charge in [0.05, 0.1) is 5.69 Å². The Morgan fingerprint density at radius 1 is 1.19 bits per heavy atom. The van der Waals surface area contributed by atoms with Gasteiger partial charge in [0.2, 0.25) is 18.6 Å². The molecule has 1 aliphatic rings. The molecule has 0 bridgehead atoms. The molecule has 0 saturated carbocycles. The number of aromatic nitrogens is 2. The third kappa shape index (κ3) is 3.32. The van der Waals surface area contributed by atoms with Crippen molar-refractivity contribution in [1.82, 2.24) is 9.97 Å². The first kappa shape index (κ1) is 16.6. The van der Waals surface area contributed by atoms with Crippen molar-refractivity contribution in [2.45, 2.75) is 0 Å². The van der Waals surface area contributed by atoms with Gasteiger partial charge in [-0.15, -0.1) is 0 Å². The van der Waals surface area contributed by atoms with Crippen LogP contribution in [0.2, 0.25) is 0 Å². The molecule has 0 spiro atoms. The van der Waals surface area contributed by atoms with Crippen LogP contribution in [-0.4, -0.2) is 29.7 Å². The summed E-state index contributed by atoms with van der Waals surface area (Å²) >= 11 is 0. The van der Waals surface area contributed by atoms with Crippen LogP contribution in [0.1, 0.15) is 10.4 Å². The summed E-state index contributed by atoms with van der Waals surface area (Å²) in [5, 5.41) is 3.09. The van der Waals surface area contributed by atoms with Crippen molar-refractivity contribution in [1.29, 1.82) is 0 Å². The fourth-order valence-electron chi connectivity index (χ4n) is 2.78. The van der Waals surface area contributed by atoms with E-state index in [9.17, 15) is 4.79 Å². The highest BCUT2D eigenvalue weighted by molar-refractivity contribution is 5.93. The van der Waals surface area contributed by atoms with Crippen LogP contribution in [0.4, 0.5) is 23.1 Å². The molecule has 3 N–H and O–H groups in total. The maximum absolute atomic E-state index is 11.3. The summed E-state index contributed by atoms with van der Waals surface area (Å²) in [6, 6.07) is 14.3. The Kier molecular flexibility index (Phi) is 4.21.